The van der Waals surface area contributed by atoms with Gasteiger partial charge in [-0.15, -0.1) is 0 Å². The molecule has 0 aliphatic carbocycles. The van der Waals surface area contributed by atoms with E-state index in [1.165, 1.54) is 18.5 Å². The Bertz CT molecular complexity index is 876. The predicted molar refractivity (Wildman–Crippen MR) is 100 cm³/mol. The maximum absolute atomic E-state index is 12.6. The summed E-state index contributed by atoms with van der Waals surface area (Å²) in [5.74, 6) is 0.677. The molecule has 25 heavy (non-hydrogen) atoms. The van der Waals surface area contributed by atoms with Crippen molar-refractivity contribution in [2.45, 2.75) is 19.8 Å². The van der Waals surface area contributed by atoms with Crippen LogP contribution in [-0.4, -0.2) is 28.4 Å². The molecule has 1 fully saturated rings. The van der Waals surface area contributed by atoms with Gasteiger partial charge in [0.25, 0.3) is 5.91 Å². The maximum atomic E-state index is 12.6. The number of amides is 1. The van der Waals surface area contributed by atoms with Gasteiger partial charge in [0.1, 0.15) is 5.65 Å². The van der Waals surface area contributed by atoms with Gasteiger partial charge in [-0.2, -0.15) is 0 Å². The van der Waals surface area contributed by atoms with E-state index in [0.29, 0.717) is 11.2 Å². The van der Waals surface area contributed by atoms with Crippen LogP contribution in [0.1, 0.15) is 30.1 Å². The Kier molecular flexibility index (Phi) is 4.14. The first kappa shape index (κ1) is 15.7. The largest absolute Gasteiger partial charge is 0.372 e. The molecule has 128 valence electrons. The summed E-state index contributed by atoms with van der Waals surface area (Å²) in [5, 5.41) is 2.97. The molecule has 2 aromatic heterocycles. The summed E-state index contributed by atoms with van der Waals surface area (Å²) in [6.45, 7) is 4.53. The van der Waals surface area contributed by atoms with Crippen molar-refractivity contribution >= 4 is 22.9 Å². The lowest BCUT2D eigenvalue weighted by Crippen LogP contribution is -2.32. The molecule has 0 saturated carbocycles. The van der Waals surface area contributed by atoms with Gasteiger partial charge in [0, 0.05) is 43.1 Å². The molecule has 3 heterocycles. The summed E-state index contributed by atoms with van der Waals surface area (Å²) < 4.78 is 1.84. The highest BCUT2D eigenvalue weighted by atomic mass is 16.1. The molecule has 1 N–H and O–H groups in total. The van der Waals surface area contributed by atoms with Crippen molar-refractivity contribution in [2.75, 3.05) is 23.3 Å². The van der Waals surface area contributed by atoms with E-state index in [9.17, 15) is 4.79 Å². The molecule has 1 aliphatic heterocycles. The minimum Gasteiger partial charge on any atom is -0.372 e. The minimum atomic E-state index is -0.142. The number of hydrogen-bond acceptors (Lipinski definition) is 3. The van der Waals surface area contributed by atoms with Crippen molar-refractivity contribution in [3.63, 3.8) is 0 Å². The summed E-state index contributed by atoms with van der Waals surface area (Å²) in [5.41, 5.74) is 3.26. The number of nitrogens with zero attached hydrogens (tertiary/aromatic N) is 3. The van der Waals surface area contributed by atoms with Crippen molar-refractivity contribution in [3.8, 4) is 0 Å². The first-order valence-electron chi connectivity index (χ1n) is 8.79. The van der Waals surface area contributed by atoms with Crippen LogP contribution in [0.2, 0.25) is 0 Å². The van der Waals surface area contributed by atoms with Crippen LogP contribution in [-0.2, 0) is 0 Å². The molecule has 0 spiro atoms. The van der Waals surface area contributed by atoms with E-state index >= 15 is 0 Å². The number of carbonyl (C=O) groups excluding carboxylic acids is 1. The van der Waals surface area contributed by atoms with Crippen LogP contribution in [0.15, 0.2) is 55.0 Å². The number of pyridine rings is 1. The topological polar surface area (TPSA) is 49.6 Å². The molecule has 4 rings (SSSR count). The van der Waals surface area contributed by atoms with Crippen LogP contribution >= 0.6 is 0 Å². The van der Waals surface area contributed by atoms with Crippen LogP contribution in [0, 0.1) is 5.92 Å². The molecule has 1 aliphatic rings. The van der Waals surface area contributed by atoms with Gasteiger partial charge < -0.3 is 14.6 Å². The average Bonchev–Trinajstić information content (AvgIpc) is 3.12. The first-order chi connectivity index (χ1) is 12.2. The van der Waals surface area contributed by atoms with E-state index < -0.39 is 0 Å². The lowest BCUT2D eigenvalue weighted by molar-refractivity contribution is 0.102. The van der Waals surface area contributed by atoms with Crippen molar-refractivity contribution in [3.05, 3.63) is 60.6 Å². The summed E-state index contributed by atoms with van der Waals surface area (Å²) in [6, 6.07) is 11.8. The van der Waals surface area contributed by atoms with Crippen molar-refractivity contribution in [1.29, 1.82) is 0 Å². The standard InChI is InChI=1S/C20H22N4O/c1-15-8-12-23(13-9-15)17-6-4-16(5-7-17)22-20(25)18-3-2-11-24-14-10-21-19(18)24/h2-7,10-11,14-15H,8-9,12-13H2,1H3,(H,22,25). The number of hydrogen-bond donors (Lipinski definition) is 1. The fourth-order valence-electron chi connectivity index (χ4n) is 3.35. The molecular weight excluding hydrogens is 312 g/mol. The molecule has 5 nitrogen and oxygen atoms in total. The SMILES string of the molecule is CC1CCN(c2ccc(NC(=O)c3cccn4ccnc34)cc2)CC1. The Morgan fingerprint density at radius 1 is 1.12 bits per heavy atom. The number of nitrogens with one attached hydrogen (secondary N) is 1. The number of anilines is 2. The van der Waals surface area contributed by atoms with Gasteiger partial charge in [-0.25, -0.2) is 4.98 Å². The number of rotatable bonds is 3. The van der Waals surface area contributed by atoms with Gasteiger partial charge in [0.05, 0.1) is 5.56 Å². The van der Waals surface area contributed by atoms with Crippen LogP contribution in [0.4, 0.5) is 11.4 Å². The summed E-state index contributed by atoms with van der Waals surface area (Å²) in [4.78, 5) is 19.2. The number of fused-ring (bicyclic) bond motifs is 1. The number of aromatic nitrogens is 2. The van der Waals surface area contributed by atoms with E-state index in [0.717, 1.165) is 24.7 Å². The Morgan fingerprint density at radius 3 is 2.64 bits per heavy atom. The van der Waals surface area contributed by atoms with E-state index in [1.54, 1.807) is 12.3 Å². The highest BCUT2D eigenvalue weighted by Crippen LogP contribution is 2.24. The minimum absolute atomic E-state index is 0.142. The third kappa shape index (κ3) is 3.22. The van der Waals surface area contributed by atoms with E-state index in [4.69, 9.17) is 0 Å². The zero-order chi connectivity index (χ0) is 17.2. The highest BCUT2D eigenvalue weighted by Gasteiger charge is 2.16. The van der Waals surface area contributed by atoms with Gasteiger partial charge in [-0.05, 0) is 55.2 Å². The zero-order valence-electron chi connectivity index (χ0n) is 14.4. The Morgan fingerprint density at radius 2 is 1.88 bits per heavy atom. The summed E-state index contributed by atoms with van der Waals surface area (Å²) >= 11 is 0. The molecule has 0 unspecified atom stereocenters. The number of piperidine rings is 1. The van der Waals surface area contributed by atoms with Gasteiger partial charge in [-0.1, -0.05) is 6.92 Å². The second kappa shape index (κ2) is 6.59. The Balaban J connectivity index is 1.47. The first-order valence-corrected chi connectivity index (χ1v) is 8.79. The second-order valence-corrected chi connectivity index (χ2v) is 6.75. The van der Waals surface area contributed by atoms with Gasteiger partial charge in [0.2, 0.25) is 0 Å². The van der Waals surface area contributed by atoms with Crippen LogP contribution < -0.4 is 10.2 Å². The van der Waals surface area contributed by atoms with Gasteiger partial charge >= 0.3 is 0 Å². The maximum Gasteiger partial charge on any atom is 0.259 e. The summed E-state index contributed by atoms with van der Waals surface area (Å²) in [6.07, 6.45) is 7.90. The molecule has 5 heteroatoms. The average molecular weight is 334 g/mol. The number of imidazole rings is 1. The lowest BCUT2D eigenvalue weighted by Gasteiger charge is -2.32. The molecule has 0 bridgehead atoms. The van der Waals surface area contributed by atoms with Crippen LogP contribution in [0.25, 0.3) is 5.65 Å². The van der Waals surface area contributed by atoms with Crippen LogP contribution in [0.3, 0.4) is 0 Å². The number of benzene rings is 1. The third-order valence-electron chi connectivity index (χ3n) is 4.94. The van der Waals surface area contributed by atoms with Crippen molar-refractivity contribution in [2.24, 2.45) is 5.92 Å². The molecule has 0 atom stereocenters. The quantitative estimate of drug-likeness (QED) is 0.792. The predicted octanol–water partition coefficient (Wildman–Crippen LogP) is 3.82. The summed E-state index contributed by atoms with van der Waals surface area (Å²) in [7, 11) is 0. The number of carbonyl (C=O) groups is 1. The molecule has 3 aromatic rings. The second-order valence-electron chi connectivity index (χ2n) is 6.75. The molecule has 1 aromatic carbocycles. The fraction of sp³-hybridized carbons (Fsp3) is 0.300. The van der Waals surface area contributed by atoms with Gasteiger partial charge in [-0.3, -0.25) is 4.79 Å². The van der Waals surface area contributed by atoms with Gasteiger partial charge in [0.15, 0.2) is 0 Å². The van der Waals surface area contributed by atoms with E-state index in [1.807, 2.05) is 35.0 Å². The third-order valence-corrected chi connectivity index (χ3v) is 4.94. The molecule has 1 amide bonds. The fourth-order valence-corrected chi connectivity index (χ4v) is 3.35. The molecule has 1 saturated heterocycles. The van der Waals surface area contributed by atoms with E-state index in [2.05, 4.69) is 34.3 Å². The smallest absolute Gasteiger partial charge is 0.259 e. The highest BCUT2D eigenvalue weighted by molar-refractivity contribution is 6.08. The van der Waals surface area contributed by atoms with Crippen LogP contribution in [0.5, 0.6) is 0 Å². The normalized spacial score (nSPS) is 15.5. The molecular formula is C20H22N4O. The lowest BCUT2D eigenvalue weighted by atomic mass is 9.99. The molecule has 0 radical (unpaired) electrons. The Labute approximate surface area is 147 Å². The van der Waals surface area contributed by atoms with Crippen molar-refractivity contribution < 1.29 is 4.79 Å². The monoisotopic (exact) mass is 334 g/mol. The Hall–Kier alpha value is -2.82. The zero-order valence-corrected chi connectivity index (χ0v) is 14.4. The van der Waals surface area contributed by atoms with E-state index in [-0.39, 0.29) is 5.91 Å². The van der Waals surface area contributed by atoms with Crippen molar-refractivity contribution in [1.82, 2.24) is 9.38 Å².